The molecule has 0 aliphatic heterocycles. The molecule has 0 atom stereocenters. The molecule has 0 aromatic heterocycles. The van der Waals surface area contributed by atoms with Crippen molar-refractivity contribution in [1.82, 2.24) is 10.2 Å². The van der Waals surface area contributed by atoms with E-state index in [0.29, 0.717) is 13.0 Å². The second kappa shape index (κ2) is 7.79. The highest BCUT2D eigenvalue weighted by Gasteiger charge is 2.04. The monoisotopic (exact) mass is 264 g/mol. The van der Waals surface area contributed by atoms with Gasteiger partial charge in [0.05, 0.1) is 12.5 Å². The van der Waals surface area contributed by atoms with Crippen molar-refractivity contribution in [2.45, 2.75) is 26.4 Å². The predicted octanol–water partition coefficient (Wildman–Crippen LogP) is 1.69. The van der Waals surface area contributed by atoms with Crippen molar-refractivity contribution in [2.24, 2.45) is 0 Å². The molecule has 0 unspecified atom stereocenters. The summed E-state index contributed by atoms with van der Waals surface area (Å²) in [6.45, 7) is 5.52. The lowest BCUT2D eigenvalue weighted by molar-refractivity contribution is -0.120. The van der Waals surface area contributed by atoms with E-state index in [1.807, 2.05) is 57.1 Å². The number of nitrogens with zero attached hydrogens (tertiary/aromatic N) is 1. The van der Waals surface area contributed by atoms with E-state index in [-0.39, 0.29) is 12.0 Å². The smallest absolute Gasteiger partial charge is 0.224 e. The standard InChI is InChI=1S/C15H24N2O2/c1-12(2)19-14-7-5-13(6-8-14)11-15(18)16-9-10-17(3)4/h5-8,12H,9-11H2,1-4H3,(H,16,18). The Morgan fingerprint density at radius 3 is 2.42 bits per heavy atom. The molecule has 106 valence electrons. The van der Waals surface area contributed by atoms with Gasteiger partial charge in [0.15, 0.2) is 0 Å². The molecule has 0 bridgehead atoms. The van der Waals surface area contributed by atoms with Gasteiger partial charge in [0, 0.05) is 13.1 Å². The lowest BCUT2D eigenvalue weighted by Crippen LogP contribution is -2.32. The molecule has 0 radical (unpaired) electrons. The number of benzene rings is 1. The Labute approximate surface area is 115 Å². The molecule has 0 aliphatic carbocycles. The molecule has 1 aromatic carbocycles. The van der Waals surface area contributed by atoms with Gasteiger partial charge < -0.3 is 15.0 Å². The van der Waals surface area contributed by atoms with E-state index in [2.05, 4.69) is 5.32 Å². The third kappa shape index (κ3) is 6.82. The van der Waals surface area contributed by atoms with E-state index in [1.165, 1.54) is 0 Å². The van der Waals surface area contributed by atoms with E-state index in [0.717, 1.165) is 17.9 Å². The van der Waals surface area contributed by atoms with Gasteiger partial charge in [-0.25, -0.2) is 0 Å². The third-order valence-electron chi connectivity index (χ3n) is 2.54. The summed E-state index contributed by atoms with van der Waals surface area (Å²) in [6, 6.07) is 7.68. The van der Waals surface area contributed by atoms with E-state index in [9.17, 15) is 4.79 Å². The van der Waals surface area contributed by atoms with Crippen LogP contribution in [-0.2, 0) is 11.2 Å². The Bertz CT molecular complexity index is 386. The van der Waals surface area contributed by atoms with Gasteiger partial charge in [-0.3, -0.25) is 4.79 Å². The first-order valence-corrected chi connectivity index (χ1v) is 6.64. The summed E-state index contributed by atoms with van der Waals surface area (Å²) in [4.78, 5) is 13.7. The van der Waals surface area contributed by atoms with Crippen molar-refractivity contribution in [3.05, 3.63) is 29.8 Å². The van der Waals surface area contributed by atoms with Crippen LogP contribution in [0.3, 0.4) is 0 Å². The van der Waals surface area contributed by atoms with Gasteiger partial charge >= 0.3 is 0 Å². The summed E-state index contributed by atoms with van der Waals surface area (Å²) < 4.78 is 5.56. The number of hydrogen-bond acceptors (Lipinski definition) is 3. The second-order valence-corrected chi connectivity index (χ2v) is 5.14. The summed E-state index contributed by atoms with van der Waals surface area (Å²) in [6.07, 6.45) is 0.579. The minimum absolute atomic E-state index is 0.0550. The number of amides is 1. The van der Waals surface area contributed by atoms with Crippen LogP contribution in [0.25, 0.3) is 0 Å². The molecule has 4 heteroatoms. The maximum Gasteiger partial charge on any atom is 0.224 e. The van der Waals surface area contributed by atoms with Gasteiger partial charge in [-0.15, -0.1) is 0 Å². The van der Waals surface area contributed by atoms with Crippen molar-refractivity contribution in [3.8, 4) is 5.75 Å². The van der Waals surface area contributed by atoms with Crippen molar-refractivity contribution >= 4 is 5.91 Å². The SMILES string of the molecule is CC(C)Oc1ccc(CC(=O)NCCN(C)C)cc1. The Kier molecular flexibility index (Phi) is 6.36. The molecule has 19 heavy (non-hydrogen) atoms. The van der Waals surface area contributed by atoms with Crippen LogP contribution in [0.1, 0.15) is 19.4 Å². The normalized spacial score (nSPS) is 10.8. The van der Waals surface area contributed by atoms with Gasteiger partial charge in [0.25, 0.3) is 0 Å². The molecule has 0 saturated carbocycles. The first-order chi connectivity index (χ1) is 8.97. The average molecular weight is 264 g/mol. The molecule has 0 heterocycles. The number of carbonyl (C=O) groups excluding carboxylic acids is 1. The third-order valence-corrected chi connectivity index (χ3v) is 2.54. The summed E-state index contributed by atoms with van der Waals surface area (Å²) in [5.74, 6) is 0.895. The van der Waals surface area contributed by atoms with E-state index >= 15 is 0 Å². The van der Waals surface area contributed by atoms with Gasteiger partial charge in [-0.1, -0.05) is 12.1 Å². The van der Waals surface area contributed by atoms with Crippen molar-refractivity contribution < 1.29 is 9.53 Å². The summed E-state index contributed by atoms with van der Waals surface area (Å²) >= 11 is 0. The maximum atomic E-state index is 11.7. The summed E-state index contributed by atoms with van der Waals surface area (Å²) in [7, 11) is 3.97. The zero-order chi connectivity index (χ0) is 14.3. The zero-order valence-corrected chi connectivity index (χ0v) is 12.3. The fraction of sp³-hybridized carbons (Fsp3) is 0.533. The zero-order valence-electron chi connectivity index (χ0n) is 12.3. The Balaban J connectivity index is 2.38. The van der Waals surface area contributed by atoms with Crippen LogP contribution in [0.15, 0.2) is 24.3 Å². The highest BCUT2D eigenvalue weighted by Crippen LogP contribution is 2.14. The molecular weight excluding hydrogens is 240 g/mol. The average Bonchev–Trinajstić information content (AvgIpc) is 2.30. The molecule has 1 amide bonds. The number of ether oxygens (including phenoxy) is 1. The van der Waals surface area contributed by atoms with Gasteiger partial charge in [-0.2, -0.15) is 0 Å². The molecule has 0 aliphatic rings. The second-order valence-electron chi connectivity index (χ2n) is 5.14. The van der Waals surface area contributed by atoms with Crippen molar-refractivity contribution in [1.29, 1.82) is 0 Å². The van der Waals surface area contributed by atoms with Crippen LogP contribution < -0.4 is 10.1 Å². The Morgan fingerprint density at radius 2 is 1.89 bits per heavy atom. The fourth-order valence-electron chi connectivity index (χ4n) is 1.62. The number of hydrogen-bond donors (Lipinski definition) is 1. The van der Waals surface area contributed by atoms with Crippen molar-refractivity contribution in [3.63, 3.8) is 0 Å². The topological polar surface area (TPSA) is 41.6 Å². The highest BCUT2D eigenvalue weighted by molar-refractivity contribution is 5.78. The Hall–Kier alpha value is -1.55. The number of carbonyl (C=O) groups is 1. The first-order valence-electron chi connectivity index (χ1n) is 6.64. The molecular formula is C15H24N2O2. The van der Waals surface area contributed by atoms with Crippen LogP contribution in [0, 0.1) is 0 Å². The quantitative estimate of drug-likeness (QED) is 0.815. The summed E-state index contributed by atoms with van der Waals surface area (Å²) in [5, 5.41) is 2.90. The lowest BCUT2D eigenvalue weighted by atomic mass is 10.1. The van der Waals surface area contributed by atoms with Crippen LogP contribution in [0.4, 0.5) is 0 Å². The molecule has 1 rings (SSSR count). The van der Waals surface area contributed by atoms with Gasteiger partial charge in [0.2, 0.25) is 5.91 Å². The van der Waals surface area contributed by atoms with Crippen LogP contribution in [0.5, 0.6) is 5.75 Å². The fourth-order valence-corrected chi connectivity index (χ4v) is 1.62. The lowest BCUT2D eigenvalue weighted by Gasteiger charge is -2.11. The molecule has 1 N–H and O–H groups in total. The van der Waals surface area contributed by atoms with Gasteiger partial charge in [-0.05, 0) is 45.6 Å². The molecule has 4 nitrogen and oxygen atoms in total. The van der Waals surface area contributed by atoms with Crippen LogP contribution in [-0.4, -0.2) is 44.1 Å². The molecule has 0 spiro atoms. The number of nitrogens with one attached hydrogen (secondary N) is 1. The minimum Gasteiger partial charge on any atom is -0.491 e. The minimum atomic E-state index is 0.0550. The van der Waals surface area contributed by atoms with Gasteiger partial charge in [0.1, 0.15) is 5.75 Å². The van der Waals surface area contributed by atoms with Crippen LogP contribution >= 0.6 is 0 Å². The predicted molar refractivity (Wildman–Crippen MR) is 77.5 cm³/mol. The van der Waals surface area contributed by atoms with Crippen molar-refractivity contribution in [2.75, 3.05) is 27.2 Å². The molecule has 0 saturated heterocycles. The largest absolute Gasteiger partial charge is 0.491 e. The van der Waals surface area contributed by atoms with E-state index in [1.54, 1.807) is 0 Å². The molecule has 0 fully saturated rings. The Morgan fingerprint density at radius 1 is 1.26 bits per heavy atom. The number of rotatable bonds is 7. The van der Waals surface area contributed by atoms with E-state index < -0.39 is 0 Å². The highest BCUT2D eigenvalue weighted by atomic mass is 16.5. The maximum absolute atomic E-state index is 11.7. The first kappa shape index (κ1) is 15.5. The van der Waals surface area contributed by atoms with E-state index in [4.69, 9.17) is 4.74 Å². The number of likely N-dealkylation sites (N-methyl/N-ethyl adjacent to an activating group) is 1. The molecule has 1 aromatic rings. The summed E-state index contributed by atoms with van der Waals surface area (Å²) in [5.41, 5.74) is 0.999. The van der Waals surface area contributed by atoms with Crippen LogP contribution in [0.2, 0.25) is 0 Å².